The van der Waals surface area contributed by atoms with Crippen LogP contribution in [0.3, 0.4) is 0 Å². The van der Waals surface area contributed by atoms with Crippen LogP contribution in [0, 0.1) is 22.9 Å². The summed E-state index contributed by atoms with van der Waals surface area (Å²) in [7, 11) is -2.51. The Labute approximate surface area is 332 Å². The fourth-order valence-corrected chi connectivity index (χ4v) is 11.1. The molecule has 3 heterocycles. The number of nitrogens with one attached hydrogen (secondary N) is 1. The number of hydrogen-bond donors (Lipinski definition) is 1. The largest absolute Gasteiger partial charge is 0.545 e. The van der Waals surface area contributed by atoms with Crippen molar-refractivity contribution in [3.8, 4) is 0 Å². The summed E-state index contributed by atoms with van der Waals surface area (Å²) in [6.45, 7) is 17.1. The van der Waals surface area contributed by atoms with E-state index in [4.69, 9.17) is 14.2 Å². The molecule has 1 N–H and O–H groups in total. The van der Waals surface area contributed by atoms with Crippen molar-refractivity contribution in [2.45, 2.75) is 58.0 Å². The molecule has 1 amide bonds. The van der Waals surface area contributed by atoms with Gasteiger partial charge in [-0.25, -0.2) is 17.7 Å². The highest BCUT2D eigenvalue weighted by Gasteiger charge is 2.43. The fraction of sp³-hybridized carbons (Fsp3) is 0.500. The standard InChI is InChI=1S/C42H52F3N3O6SSi/c1-42(2,3)12-18-52-20-22-54-23-21-53-19-13-46-33(49)26-55-40-38(44)35(36(41(50)51)37(43)39(40)45)34-29-10-8-27(47-14-6-15-47)24-31(29)56(4,5)32-25-28(9-11-30(32)34)48-16-7-17-48/h8-11,24-25H,6-7,12-23,26H2,1-5H3,(H-,46,49,50,51). The lowest BCUT2D eigenvalue weighted by Crippen LogP contribution is -2.50. The second kappa shape index (κ2) is 17.8. The van der Waals surface area contributed by atoms with E-state index >= 15 is 13.2 Å². The summed E-state index contributed by atoms with van der Waals surface area (Å²) in [6.07, 6.45) is 8.96. The van der Waals surface area contributed by atoms with E-state index in [1.807, 2.05) is 24.3 Å². The van der Waals surface area contributed by atoms with Gasteiger partial charge in [0, 0.05) is 55.2 Å². The number of halogens is 3. The van der Waals surface area contributed by atoms with E-state index in [0.717, 1.165) is 67.2 Å². The number of nitrogens with zero attached hydrogens (tertiary/aromatic N) is 2. The lowest BCUT2D eigenvalue weighted by molar-refractivity contribution is -0.582. The zero-order valence-corrected chi connectivity index (χ0v) is 34.8. The minimum absolute atomic E-state index is 0.132. The summed E-state index contributed by atoms with van der Waals surface area (Å²) < 4.78 is 67.4. The van der Waals surface area contributed by atoms with Crippen molar-refractivity contribution in [2.24, 2.45) is 5.41 Å². The molecular formula is C42H52F3N3O6SSi. The maximum atomic E-state index is 17.0. The van der Waals surface area contributed by atoms with Gasteiger partial charge in [0.2, 0.25) is 5.91 Å². The van der Waals surface area contributed by atoms with Gasteiger partial charge in [-0.3, -0.25) is 4.79 Å². The number of carboxylic acids is 1. The van der Waals surface area contributed by atoms with Crippen LogP contribution in [0.1, 0.15) is 61.5 Å². The van der Waals surface area contributed by atoms with Gasteiger partial charge < -0.3 is 34.3 Å². The molecule has 9 nitrogen and oxygen atoms in total. The molecule has 1 aliphatic carbocycles. The molecule has 0 radical (unpaired) electrons. The van der Waals surface area contributed by atoms with Gasteiger partial charge in [0.15, 0.2) is 17.3 Å². The van der Waals surface area contributed by atoms with Crippen molar-refractivity contribution in [1.29, 1.82) is 0 Å². The molecule has 0 bridgehead atoms. The number of carbonyl (C=O) groups is 2. The molecule has 6 rings (SSSR count). The number of hydrogen-bond acceptors (Lipinski definition) is 8. The third-order valence-corrected chi connectivity index (χ3v) is 15.3. The molecule has 0 saturated carbocycles. The molecule has 2 aromatic carbocycles. The third-order valence-electron chi connectivity index (χ3n) is 10.7. The summed E-state index contributed by atoms with van der Waals surface area (Å²) in [6, 6.07) is 5.86. The molecule has 4 aliphatic rings. The zero-order chi connectivity index (χ0) is 40.2. The van der Waals surface area contributed by atoms with Crippen LogP contribution in [0.4, 0.5) is 18.9 Å². The Morgan fingerprint density at radius 2 is 1.61 bits per heavy atom. The van der Waals surface area contributed by atoms with E-state index < -0.39 is 59.2 Å². The predicted octanol–water partition coefficient (Wildman–Crippen LogP) is 5.00. The van der Waals surface area contributed by atoms with Crippen LogP contribution < -0.4 is 20.5 Å². The summed E-state index contributed by atoms with van der Waals surface area (Å²) in [4.78, 5) is 26.8. The summed E-state index contributed by atoms with van der Waals surface area (Å²) >= 11 is 0.469. The van der Waals surface area contributed by atoms with Crippen molar-refractivity contribution in [1.82, 2.24) is 5.32 Å². The highest BCUT2D eigenvalue weighted by molar-refractivity contribution is 8.00. The predicted molar refractivity (Wildman–Crippen MR) is 214 cm³/mol. The molecular weight excluding hydrogens is 760 g/mol. The Hall–Kier alpha value is -3.69. The Kier molecular flexibility index (Phi) is 13.4. The van der Waals surface area contributed by atoms with Crippen LogP contribution in [0.25, 0.3) is 5.57 Å². The van der Waals surface area contributed by atoms with Crippen molar-refractivity contribution in [2.75, 3.05) is 83.0 Å². The first kappa shape index (κ1) is 41.9. The number of aromatic carboxylic acids is 1. The first-order valence-corrected chi connectivity index (χ1v) is 23.4. The Morgan fingerprint density at radius 3 is 2.21 bits per heavy atom. The van der Waals surface area contributed by atoms with Crippen LogP contribution in [0.15, 0.2) is 52.1 Å². The Bertz CT molecular complexity index is 1980. The Morgan fingerprint density at radius 1 is 0.929 bits per heavy atom. The van der Waals surface area contributed by atoms with Crippen LogP contribution >= 0.6 is 11.8 Å². The van der Waals surface area contributed by atoms with Gasteiger partial charge in [0.25, 0.3) is 0 Å². The highest BCUT2D eigenvalue weighted by atomic mass is 32.2. The fourth-order valence-electron chi connectivity index (χ4n) is 7.20. The lowest BCUT2D eigenvalue weighted by atomic mass is 9.86. The SMILES string of the molecule is CC(C)(C)CCOCCOCCOCCNC(=O)CSc1c(F)c(F)c(C(=O)[O-])c(C2=C3C=CC(=[N+]4CCC4)C=C3[Si](C)(C)c3cc(N4CCC4)ccc32)c1F. The van der Waals surface area contributed by atoms with Crippen LogP contribution in [-0.4, -0.2) is 108 Å². The van der Waals surface area contributed by atoms with E-state index in [1.165, 1.54) is 0 Å². The third kappa shape index (κ3) is 9.20. The van der Waals surface area contributed by atoms with Crippen molar-refractivity contribution in [3.05, 3.63) is 81.3 Å². The molecule has 0 aromatic heterocycles. The normalized spacial score (nSPS) is 17.3. The number of rotatable bonds is 17. The molecule has 56 heavy (non-hydrogen) atoms. The first-order valence-electron chi connectivity index (χ1n) is 19.4. The number of carboxylic acid groups (broad SMARTS) is 1. The van der Waals surface area contributed by atoms with Crippen molar-refractivity contribution in [3.63, 3.8) is 0 Å². The highest BCUT2D eigenvalue weighted by Crippen LogP contribution is 2.46. The average Bonchev–Trinajstić information content (AvgIpc) is 3.09. The summed E-state index contributed by atoms with van der Waals surface area (Å²) in [5, 5.41) is 17.1. The van der Waals surface area contributed by atoms with Gasteiger partial charge in [-0.2, -0.15) is 0 Å². The molecule has 0 spiro atoms. The molecule has 14 heteroatoms. The number of amides is 1. The maximum absolute atomic E-state index is 17.0. The Balaban J connectivity index is 1.20. The van der Waals surface area contributed by atoms with Crippen LogP contribution in [0.5, 0.6) is 0 Å². The molecule has 3 aliphatic heterocycles. The number of ether oxygens (including phenoxy) is 3. The van der Waals surface area contributed by atoms with Gasteiger partial charge >= 0.3 is 0 Å². The second-order valence-corrected chi connectivity index (χ2v) is 21.5. The topological polar surface area (TPSA) is 103 Å². The molecule has 2 aromatic rings. The van der Waals surface area contributed by atoms with Crippen molar-refractivity contribution < 1.29 is 46.7 Å². The van der Waals surface area contributed by atoms with Gasteiger partial charge in [-0.15, -0.1) is 11.8 Å². The van der Waals surface area contributed by atoms with Crippen LogP contribution in [0.2, 0.25) is 13.1 Å². The van der Waals surface area contributed by atoms with Gasteiger partial charge in [0.05, 0.1) is 56.1 Å². The zero-order valence-electron chi connectivity index (χ0n) is 33.0. The van der Waals surface area contributed by atoms with E-state index in [9.17, 15) is 14.7 Å². The van der Waals surface area contributed by atoms with Gasteiger partial charge in [-0.05, 0) is 63.6 Å². The van der Waals surface area contributed by atoms with Crippen LogP contribution in [-0.2, 0) is 19.0 Å². The smallest absolute Gasteiger partial charge is 0.230 e. The second-order valence-electron chi connectivity index (χ2n) is 16.2. The monoisotopic (exact) mass is 811 g/mol. The van der Waals surface area contributed by atoms with E-state index in [1.54, 1.807) is 0 Å². The van der Waals surface area contributed by atoms with E-state index in [-0.39, 0.29) is 24.1 Å². The molecule has 2 fully saturated rings. The van der Waals surface area contributed by atoms with Gasteiger partial charge in [0.1, 0.15) is 27.0 Å². The first-order chi connectivity index (χ1) is 26.7. The summed E-state index contributed by atoms with van der Waals surface area (Å²) in [5.41, 5.74) is 1.79. The minimum Gasteiger partial charge on any atom is -0.545 e. The average molecular weight is 812 g/mol. The molecule has 0 atom stereocenters. The lowest BCUT2D eigenvalue weighted by Gasteiger charge is -2.40. The quantitative estimate of drug-likeness (QED) is 0.0785. The molecule has 302 valence electrons. The number of anilines is 1. The molecule has 0 unspecified atom stereocenters. The number of thioether (sulfide) groups is 1. The number of fused-ring (bicyclic) bond motifs is 2. The minimum atomic E-state index is -2.51. The van der Waals surface area contributed by atoms with E-state index in [0.29, 0.717) is 55.9 Å². The van der Waals surface area contributed by atoms with Gasteiger partial charge in [-0.1, -0.05) is 39.9 Å². The molecule has 2 saturated heterocycles. The number of allylic oxidation sites excluding steroid dienone is 5. The maximum Gasteiger partial charge on any atom is 0.230 e. The number of benzene rings is 2. The van der Waals surface area contributed by atoms with Crippen molar-refractivity contribution >= 4 is 53.9 Å². The number of carbonyl (C=O) groups excluding carboxylic acids is 2. The summed E-state index contributed by atoms with van der Waals surface area (Å²) in [5.74, 6) is -7.71. The van der Waals surface area contributed by atoms with E-state index in [2.05, 4.69) is 60.8 Å².